The van der Waals surface area contributed by atoms with E-state index in [0.717, 1.165) is 38.5 Å². The standard InChI is InChI=1S/C11H21BrO3/c1-2-15-11(14)10(12)8-6-4-3-5-7-9-13/h10,13H,2-9H2,1H3. The molecule has 90 valence electrons. The van der Waals surface area contributed by atoms with E-state index in [1.807, 2.05) is 6.92 Å². The molecule has 0 radical (unpaired) electrons. The first-order chi connectivity index (χ1) is 7.22. The molecule has 0 amide bonds. The van der Waals surface area contributed by atoms with Gasteiger partial charge in [0, 0.05) is 6.61 Å². The van der Waals surface area contributed by atoms with E-state index >= 15 is 0 Å². The summed E-state index contributed by atoms with van der Waals surface area (Å²) in [5.41, 5.74) is 0. The highest BCUT2D eigenvalue weighted by Gasteiger charge is 2.14. The number of esters is 1. The van der Waals surface area contributed by atoms with Crippen molar-refractivity contribution in [1.82, 2.24) is 0 Å². The lowest BCUT2D eigenvalue weighted by atomic mass is 10.1. The van der Waals surface area contributed by atoms with E-state index in [4.69, 9.17) is 9.84 Å². The normalized spacial score (nSPS) is 12.5. The van der Waals surface area contributed by atoms with Gasteiger partial charge in [-0.1, -0.05) is 41.6 Å². The third-order valence-electron chi connectivity index (χ3n) is 2.16. The van der Waals surface area contributed by atoms with Gasteiger partial charge in [-0.15, -0.1) is 0 Å². The van der Waals surface area contributed by atoms with Crippen LogP contribution in [-0.4, -0.2) is 29.1 Å². The van der Waals surface area contributed by atoms with Gasteiger partial charge in [-0.3, -0.25) is 4.79 Å². The van der Waals surface area contributed by atoms with Crippen LogP contribution in [0.1, 0.15) is 45.4 Å². The highest BCUT2D eigenvalue weighted by molar-refractivity contribution is 9.10. The highest BCUT2D eigenvalue weighted by Crippen LogP contribution is 2.13. The Morgan fingerprint density at radius 2 is 1.87 bits per heavy atom. The summed E-state index contributed by atoms with van der Waals surface area (Å²) in [6.45, 7) is 2.54. The van der Waals surface area contributed by atoms with Crippen LogP contribution in [0, 0.1) is 0 Å². The second kappa shape index (κ2) is 10.4. The number of hydrogen-bond acceptors (Lipinski definition) is 3. The van der Waals surface area contributed by atoms with E-state index in [9.17, 15) is 4.79 Å². The average Bonchev–Trinajstić information content (AvgIpc) is 2.23. The summed E-state index contributed by atoms with van der Waals surface area (Å²) in [6.07, 6.45) is 6.06. The molecule has 0 rings (SSSR count). The van der Waals surface area contributed by atoms with Crippen LogP contribution in [0.2, 0.25) is 0 Å². The zero-order chi connectivity index (χ0) is 11.5. The van der Waals surface area contributed by atoms with Crippen molar-refractivity contribution in [3.05, 3.63) is 0 Å². The van der Waals surface area contributed by atoms with E-state index in [1.54, 1.807) is 0 Å². The number of aliphatic hydroxyl groups excluding tert-OH is 1. The largest absolute Gasteiger partial charge is 0.465 e. The Balaban J connectivity index is 3.30. The fraction of sp³-hybridized carbons (Fsp3) is 0.909. The highest BCUT2D eigenvalue weighted by atomic mass is 79.9. The Bertz CT molecular complexity index is 162. The van der Waals surface area contributed by atoms with Crippen molar-refractivity contribution >= 4 is 21.9 Å². The molecule has 1 N–H and O–H groups in total. The van der Waals surface area contributed by atoms with E-state index in [0.29, 0.717) is 6.61 Å². The maximum absolute atomic E-state index is 11.2. The Kier molecular flexibility index (Phi) is 10.4. The Hall–Kier alpha value is -0.0900. The quantitative estimate of drug-likeness (QED) is 0.401. The number of unbranched alkanes of at least 4 members (excludes halogenated alkanes) is 4. The molecule has 0 fully saturated rings. The summed E-state index contributed by atoms with van der Waals surface area (Å²) >= 11 is 3.31. The van der Waals surface area contributed by atoms with Gasteiger partial charge >= 0.3 is 5.97 Å². The van der Waals surface area contributed by atoms with Crippen LogP contribution in [0.5, 0.6) is 0 Å². The smallest absolute Gasteiger partial charge is 0.319 e. The van der Waals surface area contributed by atoms with Crippen molar-refractivity contribution < 1.29 is 14.6 Å². The number of ether oxygens (including phenoxy) is 1. The van der Waals surface area contributed by atoms with Gasteiger partial charge in [-0.05, 0) is 19.8 Å². The number of aliphatic hydroxyl groups is 1. The lowest BCUT2D eigenvalue weighted by Gasteiger charge is -2.08. The van der Waals surface area contributed by atoms with Gasteiger partial charge in [0.05, 0.1) is 6.61 Å². The Morgan fingerprint density at radius 3 is 2.47 bits per heavy atom. The second-order valence-corrected chi connectivity index (χ2v) is 4.60. The first-order valence-corrected chi connectivity index (χ1v) is 6.55. The molecule has 3 nitrogen and oxygen atoms in total. The van der Waals surface area contributed by atoms with Gasteiger partial charge in [-0.25, -0.2) is 0 Å². The van der Waals surface area contributed by atoms with E-state index in [-0.39, 0.29) is 17.4 Å². The molecule has 1 unspecified atom stereocenters. The second-order valence-electron chi connectivity index (χ2n) is 3.50. The van der Waals surface area contributed by atoms with Gasteiger partial charge in [-0.2, -0.15) is 0 Å². The molecule has 4 heteroatoms. The molecule has 0 aliphatic carbocycles. The minimum Gasteiger partial charge on any atom is -0.465 e. The summed E-state index contributed by atoms with van der Waals surface area (Å²) in [5.74, 6) is -0.159. The third kappa shape index (κ3) is 8.88. The van der Waals surface area contributed by atoms with Crippen LogP contribution in [-0.2, 0) is 9.53 Å². The molecule has 1 atom stereocenters. The van der Waals surface area contributed by atoms with Crippen LogP contribution in [0.15, 0.2) is 0 Å². The third-order valence-corrected chi connectivity index (χ3v) is 2.99. The van der Waals surface area contributed by atoms with Gasteiger partial charge in [0.1, 0.15) is 4.83 Å². The molecule has 0 saturated carbocycles. The molecule has 0 heterocycles. The van der Waals surface area contributed by atoms with E-state index in [1.165, 1.54) is 0 Å². The minimum atomic E-state index is -0.159. The molecule has 0 aromatic carbocycles. The maximum atomic E-state index is 11.2. The van der Waals surface area contributed by atoms with Crippen LogP contribution in [0.25, 0.3) is 0 Å². The lowest BCUT2D eigenvalue weighted by molar-refractivity contribution is -0.142. The number of carbonyl (C=O) groups is 1. The zero-order valence-corrected chi connectivity index (χ0v) is 11.0. The maximum Gasteiger partial charge on any atom is 0.319 e. The minimum absolute atomic E-state index is 0.157. The summed E-state index contributed by atoms with van der Waals surface area (Å²) < 4.78 is 4.88. The van der Waals surface area contributed by atoms with E-state index in [2.05, 4.69) is 15.9 Å². The van der Waals surface area contributed by atoms with Gasteiger partial charge in [0.2, 0.25) is 0 Å². The fourth-order valence-corrected chi connectivity index (χ4v) is 1.77. The summed E-state index contributed by atoms with van der Waals surface area (Å²) in [5, 5.41) is 8.57. The monoisotopic (exact) mass is 280 g/mol. The fourth-order valence-electron chi connectivity index (χ4n) is 1.32. The first kappa shape index (κ1) is 14.9. The zero-order valence-electron chi connectivity index (χ0n) is 9.38. The molecular formula is C11H21BrO3. The van der Waals surface area contributed by atoms with Crippen LogP contribution in [0.4, 0.5) is 0 Å². The molecule has 0 saturated heterocycles. The Labute approximate surface area is 100 Å². The van der Waals surface area contributed by atoms with Crippen LogP contribution < -0.4 is 0 Å². The lowest BCUT2D eigenvalue weighted by Crippen LogP contribution is -2.17. The number of rotatable bonds is 9. The summed E-state index contributed by atoms with van der Waals surface area (Å²) in [4.78, 5) is 11.0. The number of carbonyl (C=O) groups excluding carboxylic acids is 1. The van der Waals surface area contributed by atoms with Crippen molar-refractivity contribution in [1.29, 1.82) is 0 Å². The molecule has 0 bridgehead atoms. The van der Waals surface area contributed by atoms with Crippen LogP contribution >= 0.6 is 15.9 Å². The van der Waals surface area contributed by atoms with Crippen LogP contribution in [0.3, 0.4) is 0 Å². The van der Waals surface area contributed by atoms with Crippen molar-refractivity contribution in [2.45, 2.75) is 50.3 Å². The van der Waals surface area contributed by atoms with E-state index < -0.39 is 0 Å². The number of halogens is 1. The molecule has 0 aromatic heterocycles. The molecule has 0 aliphatic rings. The summed E-state index contributed by atoms with van der Waals surface area (Å²) in [7, 11) is 0. The molecular weight excluding hydrogens is 260 g/mol. The van der Waals surface area contributed by atoms with Crippen molar-refractivity contribution in [2.75, 3.05) is 13.2 Å². The van der Waals surface area contributed by atoms with Gasteiger partial charge in [0.15, 0.2) is 0 Å². The first-order valence-electron chi connectivity index (χ1n) is 5.64. The molecule has 15 heavy (non-hydrogen) atoms. The van der Waals surface area contributed by atoms with Gasteiger partial charge in [0.25, 0.3) is 0 Å². The SMILES string of the molecule is CCOC(=O)C(Br)CCCCCCCO. The predicted octanol–water partition coefficient (Wildman–Crippen LogP) is 2.65. The molecule has 0 aromatic rings. The summed E-state index contributed by atoms with van der Waals surface area (Å²) in [6, 6.07) is 0. The molecule has 0 aliphatic heterocycles. The van der Waals surface area contributed by atoms with Gasteiger partial charge < -0.3 is 9.84 Å². The van der Waals surface area contributed by atoms with Crippen molar-refractivity contribution in [2.24, 2.45) is 0 Å². The Morgan fingerprint density at radius 1 is 1.27 bits per heavy atom. The topological polar surface area (TPSA) is 46.5 Å². The number of alkyl halides is 1. The number of hydrogen-bond donors (Lipinski definition) is 1. The molecule has 0 spiro atoms. The predicted molar refractivity (Wildman–Crippen MR) is 64.1 cm³/mol. The average molecular weight is 281 g/mol. The van der Waals surface area contributed by atoms with Crippen molar-refractivity contribution in [3.63, 3.8) is 0 Å². The van der Waals surface area contributed by atoms with Crippen molar-refractivity contribution in [3.8, 4) is 0 Å².